The average molecular weight is 316 g/mol. The zero-order chi connectivity index (χ0) is 13.4. The van der Waals surface area contributed by atoms with Gasteiger partial charge in [-0.3, -0.25) is 0 Å². The zero-order valence-electron chi connectivity index (χ0n) is 10.4. The van der Waals surface area contributed by atoms with E-state index in [-0.39, 0.29) is 5.56 Å². The summed E-state index contributed by atoms with van der Waals surface area (Å²) in [7, 11) is 0. The Morgan fingerprint density at radius 2 is 2.22 bits per heavy atom. The highest BCUT2D eigenvalue weighted by Gasteiger charge is 2.07. The molecule has 0 aromatic heterocycles. The number of carbonyl (C=O) groups is 1. The third kappa shape index (κ3) is 5.06. The minimum Gasteiger partial charge on any atom is -0.478 e. The van der Waals surface area contributed by atoms with Crippen molar-refractivity contribution in [2.75, 3.05) is 25.1 Å². The van der Waals surface area contributed by atoms with Gasteiger partial charge in [0.05, 0.1) is 12.2 Å². The predicted octanol–water partition coefficient (Wildman–Crippen LogP) is 3.38. The second-order valence-electron chi connectivity index (χ2n) is 3.89. The van der Waals surface area contributed by atoms with Crippen molar-refractivity contribution in [3.8, 4) is 0 Å². The first-order valence-electron chi connectivity index (χ1n) is 5.99. The van der Waals surface area contributed by atoms with Crippen LogP contribution in [0.2, 0.25) is 0 Å². The lowest BCUT2D eigenvalue weighted by molar-refractivity contribution is 0.0696. The van der Waals surface area contributed by atoms with Crippen LogP contribution in [0.5, 0.6) is 0 Å². The molecule has 0 bridgehead atoms. The first-order valence-corrected chi connectivity index (χ1v) is 6.79. The highest BCUT2D eigenvalue weighted by molar-refractivity contribution is 9.10. The molecular formula is C13H18BrNO3. The first kappa shape index (κ1) is 15.0. The fourth-order valence-corrected chi connectivity index (χ4v) is 1.96. The van der Waals surface area contributed by atoms with Gasteiger partial charge in [-0.25, -0.2) is 4.79 Å². The molecule has 0 saturated carbocycles. The van der Waals surface area contributed by atoms with Gasteiger partial charge in [-0.1, -0.05) is 13.3 Å². The topological polar surface area (TPSA) is 58.6 Å². The Morgan fingerprint density at radius 1 is 1.44 bits per heavy atom. The second-order valence-corrected chi connectivity index (χ2v) is 4.75. The molecule has 0 aliphatic heterocycles. The number of benzene rings is 1. The summed E-state index contributed by atoms with van der Waals surface area (Å²) < 4.78 is 6.00. The number of nitrogens with one attached hydrogen (secondary N) is 1. The maximum Gasteiger partial charge on any atom is 0.336 e. The summed E-state index contributed by atoms with van der Waals surface area (Å²) in [5, 5.41) is 12.1. The molecule has 0 aliphatic carbocycles. The van der Waals surface area contributed by atoms with Crippen LogP contribution in [-0.4, -0.2) is 30.8 Å². The van der Waals surface area contributed by atoms with Gasteiger partial charge in [0.1, 0.15) is 0 Å². The molecule has 2 N–H and O–H groups in total. The van der Waals surface area contributed by atoms with Crippen LogP contribution in [0.1, 0.15) is 30.1 Å². The van der Waals surface area contributed by atoms with Crippen molar-refractivity contribution < 1.29 is 14.6 Å². The maximum atomic E-state index is 10.8. The van der Waals surface area contributed by atoms with E-state index < -0.39 is 5.97 Å². The molecule has 0 unspecified atom stereocenters. The van der Waals surface area contributed by atoms with Crippen molar-refractivity contribution in [3.63, 3.8) is 0 Å². The van der Waals surface area contributed by atoms with E-state index in [1.54, 1.807) is 18.2 Å². The lowest BCUT2D eigenvalue weighted by Crippen LogP contribution is -2.10. The smallest absolute Gasteiger partial charge is 0.336 e. The summed E-state index contributed by atoms with van der Waals surface area (Å²) in [5.41, 5.74) is 1.14. The molecule has 18 heavy (non-hydrogen) atoms. The summed E-state index contributed by atoms with van der Waals surface area (Å²) in [5.74, 6) is -0.934. The van der Waals surface area contributed by atoms with Gasteiger partial charge < -0.3 is 15.2 Å². The SMILES string of the molecule is CCCCOCCNc1ccc(C(=O)O)c(Br)c1. The molecule has 0 radical (unpaired) electrons. The number of halogens is 1. The molecule has 0 saturated heterocycles. The van der Waals surface area contributed by atoms with Gasteiger partial charge in [0.2, 0.25) is 0 Å². The van der Waals surface area contributed by atoms with Gasteiger partial charge in [0, 0.05) is 23.3 Å². The van der Waals surface area contributed by atoms with Crippen molar-refractivity contribution in [1.29, 1.82) is 0 Å². The maximum absolute atomic E-state index is 10.8. The number of ether oxygens (including phenoxy) is 1. The molecule has 100 valence electrons. The summed E-state index contributed by atoms with van der Waals surface area (Å²) in [6.07, 6.45) is 2.22. The lowest BCUT2D eigenvalue weighted by atomic mass is 10.2. The number of aromatic carboxylic acids is 1. The summed E-state index contributed by atoms with van der Waals surface area (Å²) >= 11 is 3.24. The Bertz CT molecular complexity index is 396. The van der Waals surface area contributed by atoms with E-state index in [1.807, 2.05) is 0 Å². The molecule has 0 amide bonds. The molecule has 0 fully saturated rings. The molecule has 0 heterocycles. The molecular weight excluding hydrogens is 298 g/mol. The number of rotatable bonds is 8. The molecule has 4 nitrogen and oxygen atoms in total. The number of hydrogen-bond donors (Lipinski definition) is 2. The standard InChI is InChI=1S/C13H18BrNO3/c1-2-3-7-18-8-6-15-10-4-5-11(13(16)17)12(14)9-10/h4-5,9,15H,2-3,6-8H2,1H3,(H,16,17). The summed E-state index contributed by atoms with van der Waals surface area (Å²) in [6.45, 7) is 4.28. The van der Waals surface area contributed by atoms with Gasteiger partial charge in [-0.2, -0.15) is 0 Å². The van der Waals surface area contributed by atoms with Gasteiger partial charge in [-0.15, -0.1) is 0 Å². The van der Waals surface area contributed by atoms with E-state index in [0.717, 1.165) is 25.1 Å². The first-order chi connectivity index (χ1) is 8.65. The minimum atomic E-state index is -0.934. The van der Waals surface area contributed by atoms with Crippen molar-refractivity contribution in [3.05, 3.63) is 28.2 Å². The predicted molar refractivity (Wildman–Crippen MR) is 75.3 cm³/mol. The molecule has 5 heteroatoms. The number of carboxylic acids is 1. The van der Waals surface area contributed by atoms with Crippen LogP contribution in [0, 0.1) is 0 Å². The largest absolute Gasteiger partial charge is 0.478 e. The molecule has 0 spiro atoms. The zero-order valence-corrected chi connectivity index (χ0v) is 12.0. The Morgan fingerprint density at radius 3 is 2.83 bits per heavy atom. The van der Waals surface area contributed by atoms with Gasteiger partial charge in [0.25, 0.3) is 0 Å². The molecule has 1 rings (SSSR count). The normalized spacial score (nSPS) is 10.3. The van der Waals surface area contributed by atoms with E-state index in [0.29, 0.717) is 17.6 Å². The van der Waals surface area contributed by atoms with Crippen molar-refractivity contribution in [1.82, 2.24) is 0 Å². The Labute approximate surface area is 115 Å². The number of carboxylic acid groups (broad SMARTS) is 1. The van der Waals surface area contributed by atoms with E-state index in [4.69, 9.17) is 9.84 Å². The van der Waals surface area contributed by atoms with Gasteiger partial charge in [-0.05, 0) is 40.5 Å². The number of anilines is 1. The Kier molecular flexibility index (Phi) is 6.75. The Hall–Kier alpha value is -1.07. The molecule has 1 aromatic carbocycles. The van der Waals surface area contributed by atoms with Crippen LogP contribution in [0.15, 0.2) is 22.7 Å². The highest BCUT2D eigenvalue weighted by Crippen LogP contribution is 2.21. The monoisotopic (exact) mass is 315 g/mol. The summed E-state index contributed by atoms with van der Waals surface area (Å²) in [4.78, 5) is 10.8. The van der Waals surface area contributed by atoms with Gasteiger partial charge >= 0.3 is 5.97 Å². The third-order valence-corrected chi connectivity index (χ3v) is 3.07. The number of hydrogen-bond acceptors (Lipinski definition) is 3. The Balaban J connectivity index is 2.35. The van der Waals surface area contributed by atoms with E-state index in [1.165, 1.54) is 0 Å². The second kappa shape index (κ2) is 8.11. The quantitative estimate of drug-likeness (QED) is 0.722. The van der Waals surface area contributed by atoms with E-state index in [2.05, 4.69) is 28.2 Å². The molecule has 0 aliphatic rings. The lowest BCUT2D eigenvalue weighted by Gasteiger charge is -2.08. The fourth-order valence-electron chi connectivity index (χ4n) is 1.41. The van der Waals surface area contributed by atoms with Crippen LogP contribution in [-0.2, 0) is 4.74 Å². The van der Waals surface area contributed by atoms with Crippen LogP contribution in [0.4, 0.5) is 5.69 Å². The van der Waals surface area contributed by atoms with Gasteiger partial charge in [0.15, 0.2) is 0 Å². The van der Waals surface area contributed by atoms with Crippen molar-refractivity contribution in [2.45, 2.75) is 19.8 Å². The van der Waals surface area contributed by atoms with Crippen LogP contribution in [0.25, 0.3) is 0 Å². The third-order valence-electron chi connectivity index (χ3n) is 2.42. The average Bonchev–Trinajstić information content (AvgIpc) is 2.33. The molecule has 0 atom stereocenters. The molecule has 1 aromatic rings. The minimum absolute atomic E-state index is 0.264. The summed E-state index contributed by atoms with van der Waals surface area (Å²) in [6, 6.07) is 5.09. The number of unbranched alkanes of at least 4 members (excludes halogenated alkanes) is 1. The van der Waals surface area contributed by atoms with Crippen molar-refractivity contribution in [2.24, 2.45) is 0 Å². The van der Waals surface area contributed by atoms with E-state index >= 15 is 0 Å². The van der Waals surface area contributed by atoms with E-state index in [9.17, 15) is 4.79 Å². The highest BCUT2D eigenvalue weighted by atomic mass is 79.9. The van der Waals surface area contributed by atoms with Crippen LogP contribution < -0.4 is 5.32 Å². The van der Waals surface area contributed by atoms with Crippen LogP contribution >= 0.6 is 15.9 Å². The van der Waals surface area contributed by atoms with Crippen molar-refractivity contribution >= 4 is 27.6 Å². The van der Waals surface area contributed by atoms with Crippen LogP contribution in [0.3, 0.4) is 0 Å². The fraction of sp³-hybridized carbons (Fsp3) is 0.462.